The molecule has 22 heavy (non-hydrogen) atoms. The molecule has 0 aromatic heterocycles. The van der Waals surface area contributed by atoms with Crippen LogP contribution in [0.15, 0.2) is 35.9 Å². The lowest BCUT2D eigenvalue weighted by atomic mass is 9.93. The maximum Gasteiger partial charge on any atom is 0.157 e. The van der Waals surface area contributed by atoms with Crippen LogP contribution in [0.2, 0.25) is 0 Å². The lowest BCUT2D eigenvalue weighted by Gasteiger charge is -2.37. The van der Waals surface area contributed by atoms with E-state index < -0.39 is 6.04 Å². The molecule has 0 bridgehead atoms. The first-order valence-electron chi connectivity index (χ1n) is 7.97. The SMILES string of the molecule is CC=C1CN(C(C(=O)C2CC2)c2ccccc2F)CCC1S. The van der Waals surface area contributed by atoms with Crippen LogP contribution in [0.4, 0.5) is 4.39 Å². The molecule has 2 unspecified atom stereocenters. The summed E-state index contributed by atoms with van der Waals surface area (Å²) < 4.78 is 14.3. The molecule has 2 atom stereocenters. The van der Waals surface area contributed by atoms with Crippen molar-refractivity contribution < 1.29 is 9.18 Å². The number of hydrogen-bond donors (Lipinski definition) is 1. The molecule has 1 aliphatic heterocycles. The highest BCUT2D eigenvalue weighted by Gasteiger charge is 2.40. The number of rotatable bonds is 4. The summed E-state index contributed by atoms with van der Waals surface area (Å²) in [4.78, 5) is 14.9. The molecule has 0 spiro atoms. The van der Waals surface area contributed by atoms with Gasteiger partial charge in [0.05, 0.1) is 6.04 Å². The van der Waals surface area contributed by atoms with E-state index in [1.807, 2.05) is 13.0 Å². The normalized spacial score (nSPS) is 26.1. The van der Waals surface area contributed by atoms with Crippen LogP contribution in [0.1, 0.15) is 37.8 Å². The van der Waals surface area contributed by atoms with E-state index in [0.717, 1.165) is 25.8 Å². The summed E-state index contributed by atoms with van der Waals surface area (Å²) in [5.41, 5.74) is 1.74. The van der Waals surface area contributed by atoms with Crippen LogP contribution in [0.5, 0.6) is 0 Å². The van der Waals surface area contributed by atoms with Gasteiger partial charge >= 0.3 is 0 Å². The molecular formula is C18H22FNOS. The van der Waals surface area contributed by atoms with E-state index in [-0.39, 0.29) is 22.8 Å². The lowest BCUT2D eigenvalue weighted by Crippen LogP contribution is -2.42. The van der Waals surface area contributed by atoms with Gasteiger partial charge in [-0.3, -0.25) is 9.69 Å². The fourth-order valence-electron chi connectivity index (χ4n) is 3.21. The van der Waals surface area contributed by atoms with Crippen LogP contribution in [0, 0.1) is 11.7 Å². The number of carbonyl (C=O) groups is 1. The number of piperidine rings is 1. The van der Waals surface area contributed by atoms with Crippen molar-refractivity contribution in [3.8, 4) is 0 Å². The smallest absolute Gasteiger partial charge is 0.157 e. The molecule has 0 radical (unpaired) electrons. The number of carbonyl (C=O) groups excluding carboxylic acids is 1. The third-order valence-electron chi connectivity index (χ3n) is 4.69. The zero-order valence-electron chi connectivity index (χ0n) is 12.8. The summed E-state index contributed by atoms with van der Waals surface area (Å²) in [6.07, 6.45) is 4.86. The molecule has 2 fully saturated rings. The van der Waals surface area contributed by atoms with Crippen LogP contribution in [-0.4, -0.2) is 29.0 Å². The number of Topliss-reactive ketones (excluding diaryl/α,β-unsaturated/α-hetero) is 1. The summed E-state index contributed by atoms with van der Waals surface area (Å²) >= 11 is 4.60. The van der Waals surface area contributed by atoms with Gasteiger partial charge in [0.25, 0.3) is 0 Å². The minimum Gasteiger partial charge on any atom is -0.297 e. The molecule has 1 saturated carbocycles. The van der Waals surface area contributed by atoms with Gasteiger partial charge in [0.15, 0.2) is 5.78 Å². The third-order valence-corrected chi connectivity index (χ3v) is 5.28. The molecule has 2 nitrogen and oxygen atoms in total. The first kappa shape index (κ1) is 15.8. The number of allylic oxidation sites excluding steroid dienone is 1. The predicted octanol–water partition coefficient (Wildman–Crippen LogP) is 3.80. The van der Waals surface area contributed by atoms with Crippen molar-refractivity contribution in [1.82, 2.24) is 4.90 Å². The quantitative estimate of drug-likeness (QED) is 0.673. The van der Waals surface area contributed by atoms with Gasteiger partial charge in [-0.1, -0.05) is 24.3 Å². The Morgan fingerprint density at radius 1 is 1.36 bits per heavy atom. The Hall–Kier alpha value is -1.13. The van der Waals surface area contributed by atoms with Gasteiger partial charge in [-0.15, -0.1) is 0 Å². The molecule has 0 N–H and O–H groups in total. The second-order valence-electron chi connectivity index (χ2n) is 6.24. The Morgan fingerprint density at radius 2 is 2.09 bits per heavy atom. The van der Waals surface area contributed by atoms with Gasteiger partial charge in [-0.25, -0.2) is 4.39 Å². The van der Waals surface area contributed by atoms with Gasteiger partial charge in [0.2, 0.25) is 0 Å². The van der Waals surface area contributed by atoms with E-state index in [1.165, 1.54) is 11.6 Å². The molecular weight excluding hydrogens is 297 g/mol. The second-order valence-corrected chi connectivity index (χ2v) is 6.86. The van der Waals surface area contributed by atoms with Crippen molar-refractivity contribution >= 4 is 18.4 Å². The van der Waals surface area contributed by atoms with Crippen molar-refractivity contribution in [2.45, 2.75) is 37.5 Å². The Kier molecular flexibility index (Phi) is 4.69. The number of nitrogens with zero attached hydrogens (tertiary/aromatic N) is 1. The molecule has 3 rings (SSSR count). The Balaban J connectivity index is 1.92. The minimum absolute atomic E-state index is 0.118. The van der Waals surface area contributed by atoms with Gasteiger partial charge < -0.3 is 0 Å². The van der Waals surface area contributed by atoms with Crippen molar-refractivity contribution in [3.05, 3.63) is 47.3 Å². The number of thiol groups is 1. The molecule has 0 amide bonds. The summed E-state index contributed by atoms with van der Waals surface area (Å²) in [5, 5.41) is 0.249. The molecule has 2 aliphatic rings. The lowest BCUT2D eigenvalue weighted by molar-refractivity contribution is -0.126. The maximum absolute atomic E-state index is 14.3. The Morgan fingerprint density at radius 3 is 2.73 bits per heavy atom. The molecule has 1 aromatic rings. The van der Waals surface area contributed by atoms with Crippen LogP contribution in [0.25, 0.3) is 0 Å². The van der Waals surface area contributed by atoms with Crippen molar-refractivity contribution in [2.24, 2.45) is 5.92 Å². The van der Waals surface area contributed by atoms with E-state index >= 15 is 0 Å². The largest absolute Gasteiger partial charge is 0.297 e. The number of likely N-dealkylation sites (tertiary alicyclic amines) is 1. The monoisotopic (exact) mass is 319 g/mol. The van der Waals surface area contributed by atoms with Crippen LogP contribution >= 0.6 is 12.6 Å². The first-order chi connectivity index (χ1) is 10.6. The molecule has 1 saturated heterocycles. The van der Waals surface area contributed by atoms with Gasteiger partial charge in [-0.2, -0.15) is 12.6 Å². The van der Waals surface area contributed by atoms with Crippen LogP contribution < -0.4 is 0 Å². The van der Waals surface area contributed by atoms with Crippen molar-refractivity contribution in [3.63, 3.8) is 0 Å². The zero-order chi connectivity index (χ0) is 15.7. The number of halogens is 1. The fourth-order valence-corrected chi connectivity index (χ4v) is 3.56. The topological polar surface area (TPSA) is 20.3 Å². The highest BCUT2D eigenvalue weighted by atomic mass is 32.1. The van der Waals surface area contributed by atoms with E-state index in [9.17, 15) is 9.18 Å². The van der Waals surface area contributed by atoms with Gasteiger partial charge in [0, 0.05) is 29.8 Å². The molecule has 4 heteroatoms. The predicted molar refractivity (Wildman–Crippen MR) is 89.6 cm³/mol. The number of ketones is 1. The minimum atomic E-state index is -0.454. The standard InChI is InChI=1S/C18H22FNOS/c1-2-12-11-20(10-9-16(12)22)17(18(21)13-7-8-13)14-5-3-4-6-15(14)19/h2-6,13,16-17,22H,7-11H2,1H3. The summed E-state index contributed by atoms with van der Waals surface area (Å²) in [5.74, 6) is 0.0158. The number of benzene rings is 1. The Labute approximate surface area is 136 Å². The van der Waals surface area contributed by atoms with Gasteiger partial charge in [-0.05, 0) is 37.8 Å². The van der Waals surface area contributed by atoms with Crippen molar-refractivity contribution in [2.75, 3.05) is 13.1 Å². The maximum atomic E-state index is 14.3. The molecule has 118 valence electrons. The zero-order valence-corrected chi connectivity index (χ0v) is 13.7. The second kappa shape index (κ2) is 6.55. The first-order valence-corrected chi connectivity index (χ1v) is 8.48. The fraction of sp³-hybridized carbons (Fsp3) is 0.500. The van der Waals surface area contributed by atoms with Crippen molar-refractivity contribution in [1.29, 1.82) is 0 Å². The Bertz CT molecular complexity index is 597. The molecule has 1 aliphatic carbocycles. The number of hydrogen-bond acceptors (Lipinski definition) is 3. The van der Waals surface area contributed by atoms with Gasteiger partial charge in [0.1, 0.15) is 5.82 Å². The summed E-state index contributed by atoms with van der Waals surface area (Å²) in [6, 6.07) is 6.24. The average Bonchev–Trinajstić information content (AvgIpc) is 3.35. The van der Waals surface area contributed by atoms with Crippen LogP contribution in [0.3, 0.4) is 0 Å². The summed E-state index contributed by atoms with van der Waals surface area (Å²) in [6.45, 7) is 3.48. The molecule has 1 heterocycles. The van der Waals surface area contributed by atoms with E-state index in [2.05, 4.69) is 23.6 Å². The van der Waals surface area contributed by atoms with E-state index in [1.54, 1.807) is 12.1 Å². The highest BCUT2D eigenvalue weighted by Crippen LogP contribution is 2.39. The third kappa shape index (κ3) is 3.13. The van der Waals surface area contributed by atoms with E-state index in [0.29, 0.717) is 12.1 Å². The van der Waals surface area contributed by atoms with E-state index in [4.69, 9.17) is 0 Å². The summed E-state index contributed by atoms with van der Waals surface area (Å²) in [7, 11) is 0. The van der Waals surface area contributed by atoms with Crippen LogP contribution in [-0.2, 0) is 4.79 Å². The molecule has 1 aromatic carbocycles. The average molecular weight is 319 g/mol. The highest BCUT2D eigenvalue weighted by molar-refractivity contribution is 7.81.